The van der Waals surface area contributed by atoms with Gasteiger partial charge in [-0.15, -0.1) is 11.3 Å². The molecular weight excluding hydrogens is 434 g/mol. The van der Waals surface area contributed by atoms with Gasteiger partial charge < -0.3 is 4.90 Å². The summed E-state index contributed by atoms with van der Waals surface area (Å²) in [6.45, 7) is 3.46. The van der Waals surface area contributed by atoms with Gasteiger partial charge in [0.1, 0.15) is 14.2 Å². The second-order valence-electron chi connectivity index (χ2n) is 7.64. The van der Waals surface area contributed by atoms with E-state index in [4.69, 9.17) is 0 Å². The van der Waals surface area contributed by atoms with Gasteiger partial charge in [0.05, 0.1) is 5.69 Å². The molecule has 0 unspecified atom stereocenters. The number of thioether (sulfide) groups is 1. The minimum atomic E-state index is 0.0800. The Kier molecular flexibility index (Phi) is 5.72. The molecule has 2 aromatic carbocycles. The summed E-state index contributed by atoms with van der Waals surface area (Å²) in [5, 5.41) is 1.01. The van der Waals surface area contributed by atoms with Crippen LogP contribution in [-0.2, 0) is 13.1 Å². The van der Waals surface area contributed by atoms with Crippen LogP contribution in [0.3, 0.4) is 0 Å². The average Bonchev–Trinajstić information content (AvgIpc) is 3.32. The van der Waals surface area contributed by atoms with Gasteiger partial charge >= 0.3 is 0 Å². The third kappa shape index (κ3) is 3.80. The molecule has 0 amide bonds. The van der Waals surface area contributed by atoms with Crippen LogP contribution in [-0.4, -0.2) is 11.6 Å². The van der Waals surface area contributed by atoms with Crippen LogP contribution in [0.1, 0.15) is 18.2 Å². The molecule has 0 saturated carbocycles. The van der Waals surface area contributed by atoms with Gasteiger partial charge in [-0.3, -0.25) is 9.36 Å². The van der Waals surface area contributed by atoms with E-state index in [2.05, 4.69) is 64.2 Å². The van der Waals surface area contributed by atoms with Gasteiger partial charge in [-0.25, -0.2) is 0 Å². The Morgan fingerprint density at radius 1 is 0.969 bits per heavy atom. The normalized spacial score (nSPS) is 15.3. The molecule has 4 aromatic rings. The first kappa shape index (κ1) is 20.8. The fraction of sp³-hybridized carbons (Fsp3) is 0.154. The van der Waals surface area contributed by atoms with Crippen LogP contribution in [0.4, 0.5) is 5.69 Å². The largest absolute Gasteiger partial charge is 0.337 e. The van der Waals surface area contributed by atoms with Crippen molar-refractivity contribution in [2.45, 2.75) is 24.9 Å². The summed E-state index contributed by atoms with van der Waals surface area (Å²) in [5.74, 6) is 0. The number of aromatic nitrogens is 2. The summed E-state index contributed by atoms with van der Waals surface area (Å²) in [6.07, 6.45) is 4.23. The SMILES string of the molecule is CCn1c(=Cc2cccc[n+]2Cc2ccccc2)sc(=C2Sc3ccccc3N2C)c1=O. The third-order valence-corrected chi connectivity index (χ3v) is 8.09. The molecule has 0 aliphatic carbocycles. The van der Waals surface area contributed by atoms with Crippen LogP contribution >= 0.6 is 23.1 Å². The summed E-state index contributed by atoms with van der Waals surface area (Å²) in [5.41, 5.74) is 3.55. The lowest BCUT2D eigenvalue weighted by Crippen LogP contribution is -2.38. The lowest BCUT2D eigenvalue weighted by Gasteiger charge is -2.11. The maximum absolute atomic E-state index is 13.4. The number of pyridine rings is 1. The summed E-state index contributed by atoms with van der Waals surface area (Å²) >= 11 is 3.25. The molecule has 0 radical (unpaired) electrons. The molecule has 0 spiro atoms. The van der Waals surface area contributed by atoms with E-state index in [1.807, 2.05) is 48.9 Å². The topological polar surface area (TPSA) is 29.1 Å². The maximum atomic E-state index is 13.4. The van der Waals surface area contributed by atoms with E-state index >= 15 is 0 Å². The Labute approximate surface area is 195 Å². The predicted molar refractivity (Wildman–Crippen MR) is 133 cm³/mol. The van der Waals surface area contributed by atoms with E-state index in [9.17, 15) is 4.79 Å². The highest BCUT2D eigenvalue weighted by Crippen LogP contribution is 2.44. The molecule has 4 nitrogen and oxygen atoms in total. The fourth-order valence-corrected chi connectivity index (χ4v) is 6.40. The highest BCUT2D eigenvalue weighted by Gasteiger charge is 2.24. The summed E-state index contributed by atoms with van der Waals surface area (Å²) in [7, 11) is 2.04. The van der Waals surface area contributed by atoms with E-state index in [0.29, 0.717) is 6.54 Å². The van der Waals surface area contributed by atoms with Crippen LogP contribution in [0.25, 0.3) is 11.1 Å². The number of thiazole rings is 1. The molecule has 5 rings (SSSR count). The Balaban J connectivity index is 1.64. The molecule has 0 bridgehead atoms. The van der Waals surface area contributed by atoms with E-state index in [1.54, 1.807) is 23.1 Å². The molecule has 0 N–H and O–H groups in total. The van der Waals surface area contributed by atoms with Crippen molar-refractivity contribution in [2.75, 3.05) is 11.9 Å². The van der Waals surface area contributed by atoms with Crippen LogP contribution in [0, 0.1) is 0 Å². The molecule has 6 heteroatoms. The van der Waals surface area contributed by atoms with Crippen LogP contribution < -0.4 is 24.2 Å². The highest BCUT2D eigenvalue weighted by molar-refractivity contribution is 8.08. The Hall–Kier alpha value is -3.09. The van der Waals surface area contributed by atoms with Crippen molar-refractivity contribution in [3.05, 3.63) is 110 Å². The van der Waals surface area contributed by atoms with Gasteiger partial charge in [0.25, 0.3) is 5.56 Å². The van der Waals surface area contributed by atoms with E-state index in [1.165, 1.54) is 10.5 Å². The number of para-hydroxylation sites is 1. The van der Waals surface area contributed by atoms with Crippen LogP contribution in [0.5, 0.6) is 0 Å². The summed E-state index contributed by atoms with van der Waals surface area (Å²) in [4.78, 5) is 16.7. The molecule has 160 valence electrons. The van der Waals surface area contributed by atoms with E-state index < -0.39 is 0 Å². The van der Waals surface area contributed by atoms with Crippen molar-refractivity contribution in [2.24, 2.45) is 0 Å². The first-order valence-corrected chi connectivity index (χ1v) is 12.3. The molecule has 0 fully saturated rings. The molecule has 2 aromatic heterocycles. The fourth-order valence-electron chi connectivity index (χ4n) is 3.94. The number of fused-ring (bicyclic) bond motifs is 1. The van der Waals surface area contributed by atoms with Crippen molar-refractivity contribution in [3.63, 3.8) is 0 Å². The lowest BCUT2D eigenvalue weighted by molar-refractivity contribution is -0.690. The zero-order valence-corrected chi connectivity index (χ0v) is 19.7. The lowest BCUT2D eigenvalue weighted by atomic mass is 10.2. The van der Waals surface area contributed by atoms with E-state index in [0.717, 1.165) is 32.2 Å². The smallest absolute Gasteiger partial charge is 0.271 e. The van der Waals surface area contributed by atoms with Crippen molar-refractivity contribution >= 4 is 39.9 Å². The minimum Gasteiger partial charge on any atom is -0.337 e. The number of benzene rings is 2. The number of anilines is 1. The van der Waals surface area contributed by atoms with Gasteiger partial charge in [-0.2, -0.15) is 4.57 Å². The average molecular weight is 459 g/mol. The zero-order chi connectivity index (χ0) is 22.1. The zero-order valence-electron chi connectivity index (χ0n) is 18.1. The standard InChI is InChI=1S/C26H24N3OS2/c1-3-29-23(17-20-13-9-10-16-28(20)18-19-11-5-4-6-12-19)32-24(25(29)30)26-27(2)21-14-7-8-15-22(21)31-26/h4-17H,3,18H2,1-2H3/q+1. The summed E-state index contributed by atoms with van der Waals surface area (Å²) < 4.78 is 5.87. The molecular formula is C26H24N3OS2+. The molecule has 32 heavy (non-hydrogen) atoms. The van der Waals surface area contributed by atoms with Gasteiger partial charge in [-0.05, 0) is 25.1 Å². The van der Waals surface area contributed by atoms with Crippen molar-refractivity contribution in [3.8, 4) is 0 Å². The summed E-state index contributed by atoms with van der Waals surface area (Å²) in [6, 6.07) is 24.9. The van der Waals surface area contributed by atoms with Gasteiger partial charge in [-0.1, -0.05) is 54.2 Å². The van der Waals surface area contributed by atoms with Crippen molar-refractivity contribution in [1.82, 2.24) is 4.57 Å². The highest BCUT2D eigenvalue weighted by atomic mass is 32.2. The first-order valence-electron chi connectivity index (χ1n) is 10.6. The van der Waals surface area contributed by atoms with Crippen LogP contribution in [0.2, 0.25) is 0 Å². The van der Waals surface area contributed by atoms with Crippen molar-refractivity contribution in [1.29, 1.82) is 0 Å². The monoisotopic (exact) mass is 458 g/mol. The molecule has 0 saturated heterocycles. The number of hydrogen-bond donors (Lipinski definition) is 0. The predicted octanol–water partition coefficient (Wildman–Crippen LogP) is 3.40. The minimum absolute atomic E-state index is 0.0800. The van der Waals surface area contributed by atoms with Gasteiger partial charge in [0.15, 0.2) is 12.7 Å². The van der Waals surface area contributed by atoms with E-state index in [-0.39, 0.29) is 5.56 Å². The van der Waals surface area contributed by atoms with Crippen molar-refractivity contribution < 1.29 is 4.57 Å². The first-order chi connectivity index (χ1) is 15.7. The molecule has 1 aliphatic heterocycles. The maximum Gasteiger partial charge on any atom is 0.271 e. The second kappa shape index (κ2) is 8.81. The Morgan fingerprint density at radius 3 is 2.50 bits per heavy atom. The number of hydrogen-bond acceptors (Lipinski definition) is 4. The molecule has 0 atom stereocenters. The Bertz CT molecular complexity index is 1450. The number of nitrogens with zero attached hydrogens (tertiary/aromatic N) is 3. The van der Waals surface area contributed by atoms with Gasteiger partial charge in [0, 0.05) is 42.3 Å². The number of rotatable bonds is 4. The van der Waals surface area contributed by atoms with Crippen LogP contribution in [0.15, 0.2) is 88.7 Å². The third-order valence-electron chi connectivity index (χ3n) is 5.60. The quantitative estimate of drug-likeness (QED) is 0.439. The molecule has 3 heterocycles. The van der Waals surface area contributed by atoms with Gasteiger partial charge in [0.2, 0.25) is 5.69 Å². The molecule has 1 aliphatic rings. The second-order valence-corrected chi connectivity index (χ2v) is 9.70. The Morgan fingerprint density at radius 2 is 1.72 bits per heavy atom.